The number of aryl methyl sites for hydroxylation is 1. The van der Waals surface area contributed by atoms with Gasteiger partial charge in [-0.25, -0.2) is 8.42 Å². The van der Waals surface area contributed by atoms with E-state index in [2.05, 4.69) is 5.32 Å². The largest absolute Gasteiger partial charge is 0.497 e. The molecule has 3 rings (SSSR count). The monoisotopic (exact) mass is 627 g/mol. The van der Waals surface area contributed by atoms with E-state index in [1.807, 2.05) is 38.1 Å². The second-order valence-electron chi connectivity index (χ2n) is 10.0. The van der Waals surface area contributed by atoms with E-state index in [9.17, 15) is 18.0 Å². The van der Waals surface area contributed by atoms with Crippen LogP contribution in [-0.4, -0.2) is 72.7 Å². The number of sulfonamides is 1. The van der Waals surface area contributed by atoms with E-state index in [4.69, 9.17) is 18.9 Å². The number of hydrogen-bond acceptors (Lipinski definition) is 8. The van der Waals surface area contributed by atoms with Gasteiger partial charge in [0.2, 0.25) is 11.8 Å². The summed E-state index contributed by atoms with van der Waals surface area (Å²) in [7, 11) is 1.27. The molecule has 238 valence electrons. The SMILES string of the molecule is CCCNC(=O)[C@@H](C)N(Cc1ccc(C)cc1)C(=O)CN(c1cc(OC)ccc1OC)S(=O)(=O)c1ccc(OC)c(OC)c1. The molecule has 0 aliphatic heterocycles. The molecular weight excluding hydrogens is 586 g/mol. The molecule has 0 spiro atoms. The maximum atomic E-state index is 14.4. The molecule has 1 atom stereocenters. The van der Waals surface area contributed by atoms with Gasteiger partial charge in [-0.05, 0) is 50.1 Å². The van der Waals surface area contributed by atoms with Gasteiger partial charge in [0.25, 0.3) is 10.0 Å². The van der Waals surface area contributed by atoms with Crippen LogP contribution in [0.2, 0.25) is 0 Å². The summed E-state index contributed by atoms with van der Waals surface area (Å²) < 4.78 is 51.2. The number of nitrogens with one attached hydrogen (secondary N) is 1. The number of carbonyl (C=O) groups is 2. The first-order chi connectivity index (χ1) is 21.0. The molecular formula is C32H41N3O8S. The number of methoxy groups -OCH3 is 4. The second-order valence-corrected chi connectivity index (χ2v) is 11.9. The molecule has 2 amide bonds. The summed E-state index contributed by atoms with van der Waals surface area (Å²) in [6.07, 6.45) is 0.720. The molecule has 0 saturated carbocycles. The minimum absolute atomic E-state index is 0.0772. The van der Waals surface area contributed by atoms with Gasteiger partial charge in [0.05, 0.1) is 39.0 Å². The number of carbonyl (C=O) groups excluding carboxylic acids is 2. The van der Waals surface area contributed by atoms with E-state index < -0.39 is 28.5 Å². The fraction of sp³-hybridized carbons (Fsp3) is 0.375. The van der Waals surface area contributed by atoms with E-state index in [1.165, 1.54) is 57.6 Å². The van der Waals surface area contributed by atoms with Crippen molar-refractivity contribution in [1.82, 2.24) is 10.2 Å². The van der Waals surface area contributed by atoms with Gasteiger partial charge in [-0.1, -0.05) is 36.8 Å². The lowest BCUT2D eigenvalue weighted by atomic mass is 10.1. The predicted molar refractivity (Wildman–Crippen MR) is 168 cm³/mol. The van der Waals surface area contributed by atoms with E-state index in [0.717, 1.165) is 21.9 Å². The van der Waals surface area contributed by atoms with Crippen LogP contribution in [0.3, 0.4) is 0 Å². The van der Waals surface area contributed by atoms with Crippen molar-refractivity contribution in [3.05, 3.63) is 71.8 Å². The molecule has 0 heterocycles. The Bertz CT molecular complexity index is 1540. The van der Waals surface area contributed by atoms with Crippen LogP contribution in [-0.2, 0) is 26.2 Å². The first-order valence-corrected chi connectivity index (χ1v) is 15.5. The zero-order valence-corrected chi connectivity index (χ0v) is 27.1. The van der Waals surface area contributed by atoms with Gasteiger partial charge in [-0.15, -0.1) is 0 Å². The van der Waals surface area contributed by atoms with Crippen molar-refractivity contribution < 1.29 is 37.0 Å². The third-order valence-corrected chi connectivity index (χ3v) is 8.82. The third kappa shape index (κ3) is 7.93. The maximum Gasteiger partial charge on any atom is 0.265 e. The predicted octanol–water partition coefficient (Wildman–Crippen LogP) is 4.17. The fourth-order valence-electron chi connectivity index (χ4n) is 4.48. The molecule has 0 bridgehead atoms. The first kappa shape index (κ1) is 34.0. The molecule has 11 nitrogen and oxygen atoms in total. The molecule has 0 aliphatic carbocycles. The normalized spacial score (nSPS) is 11.7. The molecule has 0 unspecified atom stereocenters. The highest BCUT2D eigenvalue weighted by atomic mass is 32.2. The fourth-order valence-corrected chi connectivity index (χ4v) is 5.91. The number of anilines is 1. The minimum atomic E-state index is -4.42. The molecule has 0 aliphatic rings. The van der Waals surface area contributed by atoms with Gasteiger partial charge in [-0.3, -0.25) is 13.9 Å². The molecule has 0 radical (unpaired) electrons. The summed E-state index contributed by atoms with van der Waals surface area (Å²) in [6.45, 7) is 5.38. The van der Waals surface area contributed by atoms with Crippen LogP contribution in [0.4, 0.5) is 5.69 Å². The average molecular weight is 628 g/mol. The van der Waals surface area contributed by atoms with Gasteiger partial charge >= 0.3 is 0 Å². The molecule has 0 saturated heterocycles. The van der Waals surface area contributed by atoms with E-state index in [-0.39, 0.29) is 34.5 Å². The Hall–Kier alpha value is -4.45. The van der Waals surface area contributed by atoms with Crippen LogP contribution < -0.4 is 28.6 Å². The lowest BCUT2D eigenvalue weighted by Crippen LogP contribution is -2.51. The van der Waals surface area contributed by atoms with Crippen LogP contribution >= 0.6 is 0 Å². The first-order valence-electron chi connectivity index (χ1n) is 14.1. The number of rotatable bonds is 15. The number of ether oxygens (including phenoxy) is 4. The van der Waals surface area contributed by atoms with Crippen LogP contribution in [0.1, 0.15) is 31.4 Å². The van der Waals surface area contributed by atoms with E-state index in [1.54, 1.807) is 19.1 Å². The number of hydrogen-bond donors (Lipinski definition) is 1. The minimum Gasteiger partial charge on any atom is -0.497 e. The molecule has 3 aromatic carbocycles. The van der Waals surface area contributed by atoms with Crippen molar-refractivity contribution in [1.29, 1.82) is 0 Å². The molecule has 3 aromatic rings. The van der Waals surface area contributed by atoms with Gasteiger partial charge in [-0.2, -0.15) is 0 Å². The Morgan fingerprint density at radius 3 is 2.07 bits per heavy atom. The zero-order chi connectivity index (χ0) is 32.4. The summed E-state index contributed by atoms with van der Waals surface area (Å²) in [5.41, 5.74) is 1.90. The van der Waals surface area contributed by atoms with Crippen molar-refractivity contribution in [2.75, 3.05) is 45.8 Å². The summed E-state index contributed by atoms with van der Waals surface area (Å²) in [4.78, 5) is 28.5. The Kier molecular flexibility index (Phi) is 11.9. The van der Waals surface area contributed by atoms with Crippen molar-refractivity contribution in [3.63, 3.8) is 0 Å². The summed E-state index contributed by atoms with van der Waals surface area (Å²) >= 11 is 0. The molecule has 0 fully saturated rings. The molecule has 12 heteroatoms. The highest BCUT2D eigenvalue weighted by molar-refractivity contribution is 7.92. The average Bonchev–Trinajstić information content (AvgIpc) is 3.04. The molecule has 44 heavy (non-hydrogen) atoms. The number of amides is 2. The Labute approximate surface area is 259 Å². The lowest BCUT2D eigenvalue weighted by Gasteiger charge is -2.32. The van der Waals surface area contributed by atoms with E-state index >= 15 is 0 Å². The standard InChI is InChI=1S/C32H41N3O8S/c1-8-17-33-32(37)23(3)34(20-24-11-9-22(2)10-12-24)31(36)21-35(27-18-25(40-4)13-15-28(27)41-5)44(38,39)26-14-16-29(42-6)30(19-26)43-7/h9-16,18-19,23H,8,17,20-21H2,1-7H3,(H,33,37)/t23-/m1/s1. The topological polar surface area (TPSA) is 124 Å². The third-order valence-electron chi connectivity index (χ3n) is 7.07. The van der Waals surface area contributed by atoms with Crippen LogP contribution in [0, 0.1) is 6.92 Å². The summed E-state index contributed by atoms with van der Waals surface area (Å²) in [6, 6.07) is 15.5. The Morgan fingerprint density at radius 2 is 1.48 bits per heavy atom. The zero-order valence-electron chi connectivity index (χ0n) is 26.2. The Balaban J connectivity index is 2.15. The van der Waals surface area contributed by atoms with Crippen LogP contribution in [0.5, 0.6) is 23.0 Å². The summed E-state index contributed by atoms with van der Waals surface area (Å²) in [5.74, 6) is 0.133. The second kappa shape index (κ2) is 15.3. The van der Waals surface area contributed by atoms with E-state index in [0.29, 0.717) is 18.0 Å². The smallest absolute Gasteiger partial charge is 0.265 e. The van der Waals surface area contributed by atoms with Crippen molar-refractivity contribution in [2.24, 2.45) is 0 Å². The highest BCUT2D eigenvalue weighted by Gasteiger charge is 2.34. The lowest BCUT2D eigenvalue weighted by molar-refractivity contribution is -0.139. The van der Waals surface area contributed by atoms with Crippen LogP contribution in [0.25, 0.3) is 0 Å². The van der Waals surface area contributed by atoms with Crippen molar-refractivity contribution in [3.8, 4) is 23.0 Å². The van der Waals surface area contributed by atoms with Crippen LogP contribution in [0.15, 0.2) is 65.6 Å². The number of benzene rings is 3. The number of nitrogens with zero attached hydrogens (tertiary/aromatic N) is 2. The van der Waals surface area contributed by atoms with Crippen molar-refractivity contribution in [2.45, 2.75) is 44.7 Å². The van der Waals surface area contributed by atoms with Gasteiger partial charge in [0.1, 0.15) is 24.1 Å². The summed E-state index contributed by atoms with van der Waals surface area (Å²) in [5, 5.41) is 2.83. The quantitative estimate of drug-likeness (QED) is 0.266. The van der Waals surface area contributed by atoms with Gasteiger partial charge < -0.3 is 29.2 Å². The Morgan fingerprint density at radius 1 is 0.841 bits per heavy atom. The molecule has 1 N–H and O–H groups in total. The van der Waals surface area contributed by atoms with Gasteiger partial charge in [0.15, 0.2) is 11.5 Å². The highest BCUT2D eigenvalue weighted by Crippen LogP contribution is 2.37. The van der Waals surface area contributed by atoms with Crippen molar-refractivity contribution >= 4 is 27.5 Å². The maximum absolute atomic E-state index is 14.4. The molecule has 0 aromatic heterocycles. The van der Waals surface area contributed by atoms with Gasteiger partial charge in [0, 0.05) is 25.2 Å².